The molecule has 0 saturated heterocycles. The van der Waals surface area contributed by atoms with Crippen LogP contribution in [-0.4, -0.2) is 10.7 Å². The molecule has 0 N–H and O–H groups in total. The molecule has 1 aromatic rings. The molecule has 1 aromatic heterocycles. The van der Waals surface area contributed by atoms with Crippen molar-refractivity contribution in [2.75, 3.05) is 0 Å². The SMILES string of the molecule is C=CN=C(C(=C)C)c1cccnc1. The summed E-state index contributed by atoms with van der Waals surface area (Å²) in [6.07, 6.45) is 5.00. The van der Waals surface area contributed by atoms with Crippen LogP contribution >= 0.6 is 0 Å². The van der Waals surface area contributed by atoms with Gasteiger partial charge >= 0.3 is 0 Å². The van der Waals surface area contributed by atoms with E-state index < -0.39 is 0 Å². The number of pyridine rings is 1. The average molecular weight is 172 g/mol. The Balaban J connectivity index is 3.10. The molecule has 1 rings (SSSR count). The van der Waals surface area contributed by atoms with Crippen LogP contribution in [0.15, 0.2) is 54.4 Å². The van der Waals surface area contributed by atoms with Gasteiger partial charge in [-0.1, -0.05) is 13.2 Å². The first-order chi connectivity index (χ1) is 6.25. The predicted octanol–water partition coefficient (Wildman–Crippen LogP) is 2.59. The summed E-state index contributed by atoms with van der Waals surface area (Å²) in [4.78, 5) is 8.15. The van der Waals surface area contributed by atoms with Crippen LogP contribution in [0.5, 0.6) is 0 Å². The summed E-state index contributed by atoms with van der Waals surface area (Å²) in [5.41, 5.74) is 2.71. The maximum atomic E-state index is 4.13. The fourth-order valence-electron chi connectivity index (χ4n) is 1.03. The monoisotopic (exact) mass is 172 g/mol. The summed E-state index contributed by atoms with van der Waals surface area (Å²) in [5.74, 6) is 0. The summed E-state index contributed by atoms with van der Waals surface area (Å²) in [5, 5.41) is 0. The van der Waals surface area contributed by atoms with Crippen molar-refractivity contribution in [3.05, 3.63) is 55.0 Å². The fourth-order valence-corrected chi connectivity index (χ4v) is 1.03. The normalized spacial score (nSPS) is 11.0. The number of hydrogen-bond acceptors (Lipinski definition) is 2. The molecule has 0 aliphatic heterocycles. The first-order valence-electron chi connectivity index (χ1n) is 4.00. The Morgan fingerprint density at radius 3 is 2.85 bits per heavy atom. The Morgan fingerprint density at radius 2 is 2.38 bits per heavy atom. The molecule has 0 unspecified atom stereocenters. The first kappa shape index (κ1) is 9.39. The maximum absolute atomic E-state index is 4.13. The van der Waals surface area contributed by atoms with Crippen LogP contribution in [0.25, 0.3) is 0 Å². The standard InChI is InChI=1S/C11H12N2/c1-4-13-11(9(2)3)10-6-5-7-12-8-10/h4-8H,1-2H2,3H3. The highest BCUT2D eigenvalue weighted by molar-refractivity contribution is 6.11. The number of aliphatic imine (C=N–C) groups is 1. The summed E-state index contributed by atoms with van der Waals surface area (Å²) in [6, 6.07) is 3.82. The molecule has 0 aromatic carbocycles. The van der Waals surface area contributed by atoms with E-state index in [4.69, 9.17) is 0 Å². The summed E-state index contributed by atoms with van der Waals surface area (Å²) < 4.78 is 0. The van der Waals surface area contributed by atoms with Crippen molar-refractivity contribution in [1.29, 1.82) is 0 Å². The van der Waals surface area contributed by atoms with Gasteiger partial charge in [-0.05, 0) is 24.6 Å². The molecule has 66 valence electrons. The minimum atomic E-state index is 0.836. The molecule has 2 nitrogen and oxygen atoms in total. The summed E-state index contributed by atoms with van der Waals surface area (Å²) >= 11 is 0. The van der Waals surface area contributed by atoms with E-state index in [2.05, 4.69) is 23.1 Å². The first-order valence-corrected chi connectivity index (χ1v) is 4.00. The van der Waals surface area contributed by atoms with Gasteiger partial charge in [-0.2, -0.15) is 0 Å². The van der Waals surface area contributed by atoms with Gasteiger partial charge in [0.15, 0.2) is 0 Å². The molecular weight excluding hydrogens is 160 g/mol. The molecule has 0 aliphatic rings. The smallest absolute Gasteiger partial charge is 0.0740 e. The molecule has 0 spiro atoms. The van der Waals surface area contributed by atoms with E-state index in [9.17, 15) is 0 Å². The number of nitrogens with zero attached hydrogens (tertiary/aromatic N) is 2. The average Bonchev–Trinajstić information content (AvgIpc) is 2.15. The lowest BCUT2D eigenvalue weighted by Crippen LogP contribution is -2.01. The molecule has 1 heterocycles. The third-order valence-electron chi connectivity index (χ3n) is 1.56. The van der Waals surface area contributed by atoms with E-state index in [0.717, 1.165) is 16.8 Å². The van der Waals surface area contributed by atoms with Crippen LogP contribution in [-0.2, 0) is 0 Å². The lowest BCUT2D eigenvalue weighted by Gasteiger charge is -2.03. The Morgan fingerprint density at radius 1 is 1.62 bits per heavy atom. The highest BCUT2D eigenvalue weighted by Crippen LogP contribution is 2.06. The topological polar surface area (TPSA) is 25.2 Å². The fraction of sp³-hybridized carbons (Fsp3) is 0.0909. The molecule has 0 bridgehead atoms. The Bertz CT molecular complexity index is 336. The van der Waals surface area contributed by atoms with Gasteiger partial charge in [-0.3, -0.25) is 9.98 Å². The van der Waals surface area contributed by atoms with Crippen LogP contribution in [0.2, 0.25) is 0 Å². The van der Waals surface area contributed by atoms with Crippen molar-refractivity contribution >= 4 is 5.71 Å². The van der Waals surface area contributed by atoms with Gasteiger partial charge < -0.3 is 0 Å². The zero-order chi connectivity index (χ0) is 9.68. The quantitative estimate of drug-likeness (QED) is 0.643. The van der Waals surface area contributed by atoms with Crippen LogP contribution in [0, 0.1) is 0 Å². The van der Waals surface area contributed by atoms with Gasteiger partial charge in [0.1, 0.15) is 0 Å². The van der Waals surface area contributed by atoms with E-state index in [-0.39, 0.29) is 0 Å². The van der Waals surface area contributed by atoms with Gasteiger partial charge in [0.05, 0.1) is 5.71 Å². The van der Waals surface area contributed by atoms with Crippen LogP contribution in [0.4, 0.5) is 0 Å². The molecule has 2 heteroatoms. The van der Waals surface area contributed by atoms with Gasteiger partial charge in [-0.25, -0.2) is 0 Å². The highest BCUT2D eigenvalue weighted by Gasteiger charge is 2.01. The largest absolute Gasteiger partial charge is 0.264 e. The molecule has 0 fully saturated rings. The van der Waals surface area contributed by atoms with E-state index in [1.807, 2.05) is 19.1 Å². The number of hydrogen-bond donors (Lipinski definition) is 0. The van der Waals surface area contributed by atoms with Crippen molar-refractivity contribution in [3.63, 3.8) is 0 Å². The molecular formula is C11H12N2. The predicted molar refractivity (Wildman–Crippen MR) is 55.8 cm³/mol. The summed E-state index contributed by atoms with van der Waals surface area (Å²) in [6.45, 7) is 9.32. The second-order valence-electron chi connectivity index (χ2n) is 2.68. The number of rotatable bonds is 3. The van der Waals surface area contributed by atoms with E-state index >= 15 is 0 Å². The van der Waals surface area contributed by atoms with Crippen LogP contribution in [0.1, 0.15) is 12.5 Å². The Kier molecular flexibility index (Phi) is 3.15. The van der Waals surface area contributed by atoms with E-state index in [0.29, 0.717) is 0 Å². The van der Waals surface area contributed by atoms with Gasteiger partial charge in [-0.15, -0.1) is 0 Å². The number of allylic oxidation sites excluding steroid dienone is 1. The maximum Gasteiger partial charge on any atom is 0.0740 e. The van der Waals surface area contributed by atoms with Crippen molar-refractivity contribution in [3.8, 4) is 0 Å². The minimum absolute atomic E-state index is 0.836. The van der Waals surface area contributed by atoms with Gasteiger partial charge in [0.2, 0.25) is 0 Å². The Hall–Kier alpha value is -1.70. The molecule has 13 heavy (non-hydrogen) atoms. The lowest BCUT2D eigenvalue weighted by atomic mass is 10.1. The van der Waals surface area contributed by atoms with Crippen LogP contribution < -0.4 is 0 Å². The molecule has 0 atom stereocenters. The third-order valence-corrected chi connectivity index (χ3v) is 1.56. The molecule has 0 radical (unpaired) electrons. The van der Waals surface area contributed by atoms with E-state index in [1.54, 1.807) is 12.4 Å². The second kappa shape index (κ2) is 4.36. The van der Waals surface area contributed by atoms with Gasteiger partial charge in [0.25, 0.3) is 0 Å². The second-order valence-corrected chi connectivity index (χ2v) is 2.68. The lowest BCUT2D eigenvalue weighted by molar-refractivity contribution is 1.31. The third kappa shape index (κ3) is 2.37. The van der Waals surface area contributed by atoms with Crippen molar-refractivity contribution < 1.29 is 0 Å². The Labute approximate surface area is 78.4 Å². The van der Waals surface area contributed by atoms with Crippen LogP contribution in [0.3, 0.4) is 0 Å². The molecule has 0 amide bonds. The van der Waals surface area contributed by atoms with Crippen molar-refractivity contribution in [2.24, 2.45) is 4.99 Å². The zero-order valence-corrected chi connectivity index (χ0v) is 7.70. The minimum Gasteiger partial charge on any atom is -0.264 e. The highest BCUT2D eigenvalue weighted by atomic mass is 14.7. The number of aromatic nitrogens is 1. The summed E-state index contributed by atoms with van der Waals surface area (Å²) in [7, 11) is 0. The van der Waals surface area contributed by atoms with Crippen molar-refractivity contribution in [1.82, 2.24) is 4.98 Å². The zero-order valence-electron chi connectivity index (χ0n) is 7.70. The van der Waals surface area contributed by atoms with E-state index in [1.165, 1.54) is 6.20 Å². The van der Waals surface area contributed by atoms with Crippen molar-refractivity contribution in [2.45, 2.75) is 6.92 Å². The molecule has 0 aliphatic carbocycles. The van der Waals surface area contributed by atoms with Gasteiger partial charge in [0, 0.05) is 24.2 Å². The molecule has 0 saturated carbocycles.